The molecule has 1 aromatic heterocycles. The number of benzene rings is 2. The molecule has 0 aliphatic heterocycles. The van der Waals surface area contributed by atoms with Gasteiger partial charge in [-0.15, -0.1) is 11.6 Å². The minimum Gasteiger partial charge on any atom is -0.454 e. The zero-order valence-electron chi connectivity index (χ0n) is 11.2. The number of nitrogens with one attached hydrogen (secondary N) is 1. The van der Waals surface area contributed by atoms with Gasteiger partial charge in [0.25, 0.3) is 0 Å². The van der Waals surface area contributed by atoms with E-state index < -0.39 is 0 Å². The second kappa shape index (κ2) is 5.97. The van der Waals surface area contributed by atoms with E-state index in [1.807, 2.05) is 24.3 Å². The van der Waals surface area contributed by atoms with Crippen molar-refractivity contribution in [2.45, 2.75) is 12.5 Å². The third-order valence-corrected chi connectivity index (χ3v) is 3.41. The molecule has 0 atom stereocenters. The van der Waals surface area contributed by atoms with Crippen molar-refractivity contribution in [2.75, 3.05) is 0 Å². The third kappa shape index (κ3) is 3.06. The van der Waals surface area contributed by atoms with Gasteiger partial charge in [-0.1, -0.05) is 24.3 Å². The van der Waals surface area contributed by atoms with Crippen LogP contribution in [0.5, 0.6) is 0 Å². The molecule has 0 fully saturated rings. The summed E-state index contributed by atoms with van der Waals surface area (Å²) < 4.78 is 5.24. The highest BCUT2D eigenvalue weighted by Crippen LogP contribution is 2.16. The number of fused-ring (bicyclic) bond motifs is 1. The summed E-state index contributed by atoms with van der Waals surface area (Å²) in [6.07, 6.45) is 0. The van der Waals surface area contributed by atoms with Crippen LogP contribution in [0.1, 0.15) is 21.7 Å². The molecule has 1 heterocycles. The number of halogens is 1. The molecule has 0 bridgehead atoms. The molecule has 1 N–H and O–H groups in total. The fraction of sp³-hybridized carbons (Fsp3) is 0.125. The molecular formula is C16H13ClN2O2. The third-order valence-electron chi connectivity index (χ3n) is 3.10. The molecule has 0 saturated carbocycles. The lowest BCUT2D eigenvalue weighted by Gasteiger charge is -2.02. The van der Waals surface area contributed by atoms with Gasteiger partial charge in [-0.2, -0.15) is 0 Å². The Bertz CT molecular complexity index is 768. The number of rotatable bonds is 4. The van der Waals surface area contributed by atoms with Crippen LogP contribution in [0.4, 0.5) is 0 Å². The van der Waals surface area contributed by atoms with Gasteiger partial charge in [0.05, 0.1) is 16.6 Å². The summed E-state index contributed by atoms with van der Waals surface area (Å²) in [5, 5.41) is 0. The van der Waals surface area contributed by atoms with Gasteiger partial charge in [0, 0.05) is 5.88 Å². The average molecular weight is 301 g/mol. The number of esters is 1. The maximum Gasteiger partial charge on any atom is 0.338 e. The molecule has 0 radical (unpaired) electrons. The van der Waals surface area contributed by atoms with Crippen molar-refractivity contribution in [1.82, 2.24) is 9.97 Å². The minimum absolute atomic E-state index is 0.110. The molecule has 0 saturated heterocycles. The molecule has 3 rings (SSSR count). The Kier molecular flexibility index (Phi) is 3.88. The number of carbonyl (C=O) groups excluding carboxylic acids is 1. The van der Waals surface area contributed by atoms with E-state index in [0.29, 0.717) is 17.3 Å². The molecule has 0 aliphatic carbocycles. The zero-order chi connectivity index (χ0) is 14.7. The largest absolute Gasteiger partial charge is 0.454 e. The number of hydrogen-bond acceptors (Lipinski definition) is 3. The van der Waals surface area contributed by atoms with Gasteiger partial charge in [0.15, 0.2) is 0 Å². The highest BCUT2D eigenvalue weighted by molar-refractivity contribution is 6.17. The van der Waals surface area contributed by atoms with E-state index >= 15 is 0 Å². The van der Waals surface area contributed by atoms with Crippen molar-refractivity contribution >= 4 is 28.6 Å². The van der Waals surface area contributed by atoms with Crippen molar-refractivity contribution in [1.29, 1.82) is 0 Å². The maximum atomic E-state index is 11.9. The molecule has 4 nitrogen and oxygen atoms in total. The van der Waals surface area contributed by atoms with Crippen LogP contribution in [0.15, 0.2) is 48.5 Å². The van der Waals surface area contributed by atoms with Crippen LogP contribution in [0, 0.1) is 0 Å². The SMILES string of the molecule is O=C(OCc1nc2ccc(CCl)cc2[nH]1)c1ccccc1. The first kappa shape index (κ1) is 13.6. The number of hydrogen-bond donors (Lipinski definition) is 1. The zero-order valence-corrected chi connectivity index (χ0v) is 11.9. The van der Waals surface area contributed by atoms with Gasteiger partial charge in [-0.25, -0.2) is 9.78 Å². The Labute approximate surface area is 126 Å². The number of imidazole rings is 1. The normalized spacial score (nSPS) is 10.7. The molecule has 21 heavy (non-hydrogen) atoms. The first-order valence-electron chi connectivity index (χ1n) is 6.52. The van der Waals surface area contributed by atoms with Gasteiger partial charge >= 0.3 is 5.97 Å². The Morgan fingerprint density at radius 3 is 2.76 bits per heavy atom. The van der Waals surface area contributed by atoms with E-state index in [0.717, 1.165) is 16.6 Å². The van der Waals surface area contributed by atoms with E-state index in [2.05, 4.69) is 9.97 Å². The first-order valence-corrected chi connectivity index (χ1v) is 7.05. The molecule has 0 aliphatic rings. The predicted molar refractivity (Wildman–Crippen MR) is 81.2 cm³/mol. The molecule has 3 aromatic rings. The van der Waals surface area contributed by atoms with Crippen LogP contribution in [0.3, 0.4) is 0 Å². The summed E-state index contributed by atoms with van der Waals surface area (Å²) in [5.41, 5.74) is 3.26. The van der Waals surface area contributed by atoms with Crippen LogP contribution < -0.4 is 0 Å². The van der Waals surface area contributed by atoms with Gasteiger partial charge in [0.1, 0.15) is 12.4 Å². The second-order valence-corrected chi connectivity index (χ2v) is 4.88. The Morgan fingerprint density at radius 1 is 1.19 bits per heavy atom. The van der Waals surface area contributed by atoms with E-state index in [1.165, 1.54) is 0 Å². The fourth-order valence-electron chi connectivity index (χ4n) is 2.05. The fourth-order valence-corrected chi connectivity index (χ4v) is 2.22. The molecular weight excluding hydrogens is 288 g/mol. The van der Waals surface area contributed by atoms with Crippen LogP contribution in [0.2, 0.25) is 0 Å². The molecule has 106 valence electrons. The lowest BCUT2D eigenvalue weighted by atomic mass is 10.2. The van der Waals surface area contributed by atoms with E-state index in [4.69, 9.17) is 16.3 Å². The number of ether oxygens (including phenoxy) is 1. The molecule has 0 spiro atoms. The van der Waals surface area contributed by atoms with Crippen LogP contribution in [-0.4, -0.2) is 15.9 Å². The van der Waals surface area contributed by atoms with Crippen molar-refractivity contribution < 1.29 is 9.53 Å². The van der Waals surface area contributed by atoms with Crippen LogP contribution >= 0.6 is 11.6 Å². The minimum atomic E-state index is -0.363. The van der Waals surface area contributed by atoms with Crippen molar-refractivity contribution in [3.63, 3.8) is 0 Å². The van der Waals surface area contributed by atoms with Gasteiger partial charge in [-0.05, 0) is 29.8 Å². The molecule has 2 aromatic carbocycles. The topological polar surface area (TPSA) is 55.0 Å². The van der Waals surface area contributed by atoms with Gasteiger partial charge in [-0.3, -0.25) is 0 Å². The second-order valence-electron chi connectivity index (χ2n) is 4.61. The maximum absolute atomic E-state index is 11.9. The van der Waals surface area contributed by atoms with Gasteiger partial charge < -0.3 is 9.72 Å². The summed E-state index contributed by atoms with van der Waals surface area (Å²) in [6, 6.07) is 14.6. The van der Waals surface area contributed by atoms with E-state index in [1.54, 1.807) is 24.3 Å². The Balaban J connectivity index is 1.72. The summed E-state index contributed by atoms with van der Waals surface area (Å²) >= 11 is 5.80. The van der Waals surface area contributed by atoms with Crippen molar-refractivity contribution in [3.05, 3.63) is 65.5 Å². The highest BCUT2D eigenvalue weighted by atomic mass is 35.5. The molecule has 0 unspecified atom stereocenters. The predicted octanol–water partition coefficient (Wildman–Crippen LogP) is 3.66. The van der Waals surface area contributed by atoms with Crippen molar-refractivity contribution in [2.24, 2.45) is 0 Å². The standard InChI is InChI=1S/C16H13ClN2O2/c17-9-11-6-7-13-14(8-11)19-15(18-13)10-21-16(20)12-4-2-1-3-5-12/h1-8H,9-10H2,(H,18,19). The molecule has 5 heteroatoms. The summed E-state index contributed by atoms with van der Waals surface area (Å²) in [7, 11) is 0. The monoisotopic (exact) mass is 300 g/mol. The van der Waals surface area contributed by atoms with Gasteiger partial charge in [0.2, 0.25) is 0 Å². The summed E-state index contributed by atoms with van der Waals surface area (Å²) in [5.74, 6) is 0.700. The number of aromatic nitrogens is 2. The lowest BCUT2D eigenvalue weighted by Crippen LogP contribution is -2.05. The number of alkyl halides is 1. The first-order chi connectivity index (χ1) is 10.3. The Hall–Kier alpha value is -2.33. The Morgan fingerprint density at radius 2 is 2.00 bits per heavy atom. The number of H-pyrrole nitrogens is 1. The number of carbonyl (C=O) groups is 1. The summed E-state index contributed by atoms with van der Waals surface area (Å²) in [4.78, 5) is 19.4. The summed E-state index contributed by atoms with van der Waals surface area (Å²) in [6.45, 7) is 0.110. The van der Waals surface area contributed by atoms with Crippen molar-refractivity contribution in [3.8, 4) is 0 Å². The molecule has 0 amide bonds. The quantitative estimate of drug-likeness (QED) is 0.591. The van der Waals surface area contributed by atoms with Crippen LogP contribution in [-0.2, 0) is 17.2 Å². The van der Waals surface area contributed by atoms with E-state index in [-0.39, 0.29) is 12.6 Å². The number of nitrogens with zero attached hydrogens (tertiary/aromatic N) is 1. The highest BCUT2D eigenvalue weighted by Gasteiger charge is 2.09. The van der Waals surface area contributed by atoms with E-state index in [9.17, 15) is 4.79 Å². The number of aromatic amines is 1. The van der Waals surface area contributed by atoms with Crippen LogP contribution in [0.25, 0.3) is 11.0 Å². The average Bonchev–Trinajstić information content (AvgIpc) is 2.95. The lowest BCUT2D eigenvalue weighted by molar-refractivity contribution is 0.0463. The smallest absolute Gasteiger partial charge is 0.338 e.